The van der Waals surface area contributed by atoms with Crippen molar-refractivity contribution in [1.29, 1.82) is 0 Å². The van der Waals surface area contributed by atoms with Crippen molar-refractivity contribution in [3.8, 4) is 0 Å². The molecule has 38 heavy (non-hydrogen) atoms. The summed E-state index contributed by atoms with van der Waals surface area (Å²) in [6, 6.07) is 20.4. The van der Waals surface area contributed by atoms with Gasteiger partial charge in [0.05, 0.1) is 10.6 Å². The average molecular weight is 536 g/mol. The maximum absolute atomic E-state index is 13.9. The number of nitrogens with one attached hydrogen (secondary N) is 1. The highest BCUT2D eigenvalue weighted by Gasteiger charge is 2.33. The number of rotatable bonds is 10. The number of anilines is 1. The molecular formula is C30H37N3O4S. The third-order valence-corrected chi connectivity index (χ3v) is 8.08. The second-order valence-corrected chi connectivity index (χ2v) is 11.8. The van der Waals surface area contributed by atoms with Gasteiger partial charge in [0.25, 0.3) is 10.0 Å². The maximum Gasteiger partial charge on any atom is 0.264 e. The summed E-state index contributed by atoms with van der Waals surface area (Å²) in [6.07, 6.45) is 0. The SMILES string of the molecule is Cc1ccc(S(=O)(=O)N(CC(=O)N(Cc2ccccc2)[C@H](C)C(=O)NC(C)C)c2ccc(C)cc2C)cc1. The largest absolute Gasteiger partial charge is 0.352 e. The van der Waals surface area contributed by atoms with Gasteiger partial charge in [0.15, 0.2) is 0 Å². The highest BCUT2D eigenvalue weighted by Crippen LogP contribution is 2.28. The van der Waals surface area contributed by atoms with Crippen LogP contribution in [-0.4, -0.2) is 43.8 Å². The summed E-state index contributed by atoms with van der Waals surface area (Å²) < 4.78 is 29.0. The minimum atomic E-state index is -4.09. The van der Waals surface area contributed by atoms with E-state index in [1.165, 1.54) is 4.90 Å². The molecule has 0 spiro atoms. The van der Waals surface area contributed by atoms with E-state index in [4.69, 9.17) is 0 Å². The first-order valence-corrected chi connectivity index (χ1v) is 14.1. The summed E-state index contributed by atoms with van der Waals surface area (Å²) in [6.45, 7) is 10.7. The molecule has 0 heterocycles. The number of sulfonamides is 1. The molecule has 0 radical (unpaired) electrons. The van der Waals surface area contributed by atoms with E-state index in [0.29, 0.717) is 5.69 Å². The van der Waals surface area contributed by atoms with E-state index in [1.807, 2.05) is 77.1 Å². The third-order valence-electron chi connectivity index (χ3n) is 6.30. The Morgan fingerprint density at radius 2 is 1.45 bits per heavy atom. The van der Waals surface area contributed by atoms with Crippen molar-refractivity contribution in [2.75, 3.05) is 10.8 Å². The summed E-state index contributed by atoms with van der Waals surface area (Å²) in [5.74, 6) is -0.778. The molecule has 202 valence electrons. The zero-order chi connectivity index (χ0) is 28.0. The second kappa shape index (κ2) is 12.3. The third kappa shape index (κ3) is 7.01. The molecule has 0 bridgehead atoms. The van der Waals surface area contributed by atoms with Crippen LogP contribution in [-0.2, 0) is 26.2 Å². The predicted octanol–water partition coefficient (Wildman–Crippen LogP) is 4.75. The molecule has 0 aliphatic heterocycles. The molecule has 0 aliphatic carbocycles. The Kier molecular flexibility index (Phi) is 9.33. The molecule has 1 atom stereocenters. The van der Waals surface area contributed by atoms with E-state index in [2.05, 4.69) is 5.32 Å². The fourth-order valence-corrected chi connectivity index (χ4v) is 5.68. The number of amides is 2. The molecule has 0 saturated heterocycles. The summed E-state index contributed by atoms with van der Waals surface area (Å²) in [7, 11) is -4.09. The van der Waals surface area contributed by atoms with E-state index < -0.39 is 28.5 Å². The van der Waals surface area contributed by atoms with Crippen LogP contribution in [0.1, 0.15) is 43.0 Å². The summed E-state index contributed by atoms with van der Waals surface area (Å²) >= 11 is 0. The minimum Gasteiger partial charge on any atom is -0.352 e. The zero-order valence-electron chi connectivity index (χ0n) is 22.9. The molecular weight excluding hydrogens is 498 g/mol. The number of aryl methyl sites for hydroxylation is 3. The lowest BCUT2D eigenvalue weighted by Crippen LogP contribution is -2.52. The van der Waals surface area contributed by atoms with Crippen LogP contribution in [0.5, 0.6) is 0 Å². The summed E-state index contributed by atoms with van der Waals surface area (Å²) in [5.41, 5.74) is 3.90. The topological polar surface area (TPSA) is 86.8 Å². The van der Waals surface area contributed by atoms with Crippen molar-refractivity contribution in [1.82, 2.24) is 10.2 Å². The number of benzene rings is 3. The molecule has 8 heteroatoms. The summed E-state index contributed by atoms with van der Waals surface area (Å²) in [5, 5.41) is 2.86. The van der Waals surface area contributed by atoms with Gasteiger partial charge in [-0.15, -0.1) is 0 Å². The number of hydrogen-bond donors (Lipinski definition) is 1. The van der Waals surface area contributed by atoms with Crippen LogP contribution in [0.15, 0.2) is 77.7 Å². The van der Waals surface area contributed by atoms with Crippen molar-refractivity contribution in [2.24, 2.45) is 0 Å². The molecule has 0 aliphatic rings. The Hall–Kier alpha value is -3.65. The lowest BCUT2D eigenvalue weighted by Gasteiger charge is -2.32. The molecule has 0 aromatic heterocycles. The van der Waals surface area contributed by atoms with E-state index in [0.717, 1.165) is 26.6 Å². The molecule has 0 fully saturated rings. The van der Waals surface area contributed by atoms with Crippen LogP contribution < -0.4 is 9.62 Å². The molecule has 1 N–H and O–H groups in total. The van der Waals surface area contributed by atoms with Gasteiger partial charge >= 0.3 is 0 Å². The van der Waals surface area contributed by atoms with Crippen LogP contribution in [0.25, 0.3) is 0 Å². The van der Waals surface area contributed by atoms with Gasteiger partial charge in [0.1, 0.15) is 12.6 Å². The smallest absolute Gasteiger partial charge is 0.264 e. The number of carbonyl (C=O) groups excluding carboxylic acids is 2. The van der Waals surface area contributed by atoms with Crippen LogP contribution in [0.2, 0.25) is 0 Å². The van der Waals surface area contributed by atoms with Crippen LogP contribution in [0.3, 0.4) is 0 Å². The normalized spacial score (nSPS) is 12.2. The fraction of sp³-hybridized carbons (Fsp3) is 0.333. The van der Waals surface area contributed by atoms with Crippen molar-refractivity contribution < 1.29 is 18.0 Å². The maximum atomic E-state index is 13.9. The molecule has 2 amide bonds. The number of carbonyl (C=O) groups is 2. The first kappa shape index (κ1) is 28.9. The monoisotopic (exact) mass is 535 g/mol. The van der Waals surface area contributed by atoms with Gasteiger partial charge < -0.3 is 10.2 Å². The Labute approximate surface area is 226 Å². The highest BCUT2D eigenvalue weighted by molar-refractivity contribution is 7.92. The van der Waals surface area contributed by atoms with E-state index in [-0.39, 0.29) is 23.4 Å². The van der Waals surface area contributed by atoms with Gasteiger partial charge in [0, 0.05) is 12.6 Å². The van der Waals surface area contributed by atoms with Gasteiger partial charge in [-0.25, -0.2) is 8.42 Å². The van der Waals surface area contributed by atoms with Gasteiger partial charge in [-0.3, -0.25) is 13.9 Å². The van der Waals surface area contributed by atoms with Crippen molar-refractivity contribution in [3.63, 3.8) is 0 Å². The van der Waals surface area contributed by atoms with Crippen LogP contribution in [0.4, 0.5) is 5.69 Å². The molecule has 0 unspecified atom stereocenters. The van der Waals surface area contributed by atoms with Gasteiger partial charge in [-0.1, -0.05) is 65.7 Å². The van der Waals surface area contributed by atoms with Crippen molar-refractivity contribution >= 4 is 27.5 Å². The molecule has 0 saturated carbocycles. The van der Waals surface area contributed by atoms with Gasteiger partial charge in [-0.05, 0) is 70.9 Å². The fourth-order valence-electron chi connectivity index (χ4n) is 4.20. The second-order valence-electron chi connectivity index (χ2n) is 9.96. The zero-order valence-corrected chi connectivity index (χ0v) is 23.7. The van der Waals surface area contributed by atoms with Crippen LogP contribution in [0, 0.1) is 20.8 Å². The standard InChI is InChI=1S/C30H37N3O4S/c1-21(2)31-30(35)25(6)32(19-26-10-8-7-9-11-26)29(34)20-33(28-17-14-23(4)18-24(28)5)38(36,37)27-15-12-22(3)13-16-27/h7-18,21,25H,19-20H2,1-6H3,(H,31,35)/t25-/m1/s1. The Morgan fingerprint density at radius 1 is 0.842 bits per heavy atom. The van der Waals surface area contributed by atoms with Crippen molar-refractivity contribution in [3.05, 3.63) is 95.1 Å². The molecule has 3 aromatic rings. The lowest BCUT2D eigenvalue weighted by atomic mass is 10.1. The molecule has 7 nitrogen and oxygen atoms in total. The first-order chi connectivity index (χ1) is 17.9. The van der Waals surface area contributed by atoms with E-state index in [1.54, 1.807) is 37.3 Å². The average Bonchev–Trinajstić information content (AvgIpc) is 2.86. The Morgan fingerprint density at radius 3 is 2.03 bits per heavy atom. The lowest BCUT2D eigenvalue weighted by molar-refractivity contribution is -0.139. The minimum absolute atomic E-state index is 0.0936. The van der Waals surface area contributed by atoms with Crippen molar-refractivity contribution in [2.45, 2.75) is 65.1 Å². The molecule has 3 aromatic carbocycles. The number of hydrogen-bond acceptors (Lipinski definition) is 4. The van der Waals surface area contributed by atoms with E-state index >= 15 is 0 Å². The molecule has 3 rings (SSSR count). The Bertz CT molecular complexity index is 1370. The Balaban J connectivity index is 2.05. The van der Waals surface area contributed by atoms with Gasteiger partial charge in [-0.2, -0.15) is 0 Å². The first-order valence-electron chi connectivity index (χ1n) is 12.7. The predicted molar refractivity (Wildman–Crippen MR) is 151 cm³/mol. The quantitative estimate of drug-likeness (QED) is 0.406. The van der Waals surface area contributed by atoms with Gasteiger partial charge in [0.2, 0.25) is 11.8 Å². The highest BCUT2D eigenvalue weighted by atomic mass is 32.2. The van der Waals surface area contributed by atoms with E-state index in [9.17, 15) is 18.0 Å². The number of nitrogens with zero attached hydrogens (tertiary/aromatic N) is 2. The summed E-state index contributed by atoms with van der Waals surface area (Å²) in [4.78, 5) is 28.4. The van der Waals surface area contributed by atoms with Crippen LogP contribution >= 0.6 is 0 Å².